The fourth-order valence-corrected chi connectivity index (χ4v) is 2.64. The highest BCUT2D eigenvalue weighted by molar-refractivity contribution is 7.89. The third-order valence-corrected chi connectivity index (χ3v) is 3.99. The van der Waals surface area contributed by atoms with Gasteiger partial charge in [0.2, 0.25) is 5.09 Å². The van der Waals surface area contributed by atoms with Crippen molar-refractivity contribution in [3.05, 3.63) is 17.4 Å². The average molecular weight is 319 g/mol. The predicted octanol–water partition coefficient (Wildman–Crippen LogP) is 0.908. The molecule has 0 radical (unpaired) electrons. The molecule has 0 atom stereocenters. The molecule has 0 unspecified atom stereocenters. The van der Waals surface area contributed by atoms with Crippen LogP contribution in [0.25, 0.3) is 0 Å². The maximum atomic E-state index is 11.9. The van der Waals surface area contributed by atoms with Gasteiger partial charge in [-0.1, -0.05) is 0 Å². The topological polar surface area (TPSA) is 123 Å². The first kappa shape index (κ1) is 17.2. The van der Waals surface area contributed by atoms with E-state index in [1.165, 1.54) is 14.0 Å². The van der Waals surface area contributed by atoms with Crippen LogP contribution in [0.15, 0.2) is 15.6 Å². The van der Waals surface area contributed by atoms with E-state index in [9.17, 15) is 18.0 Å². The summed E-state index contributed by atoms with van der Waals surface area (Å²) in [7, 11) is -2.69. The summed E-state index contributed by atoms with van der Waals surface area (Å²) >= 11 is 0. The third-order valence-electron chi connectivity index (χ3n) is 2.67. The fourth-order valence-electron chi connectivity index (χ4n) is 1.58. The number of ether oxygens (including phenoxy) is 1. The fraction of sp³-hybridized carbons (Fsp3) is 0.500. The molecule has 0 fully saturated rings. The van der Waals surface area contributed by atoms with E-state index in [1.54, 1.807) is 0 Å². The number of furan rings is 1. The lowest BCUT2D eigenvalue weighted by Gasteiger charge is -2.03. The van der Waals surface area contributed by atoms with E-state index in [0.717, 1.165) is 6.07 Å². The monoisotopic (exact) mass is 319 g/mol. The van der Waals surface area contributed by atoms with Crippen LogP contribution >= 0.6 is 0 Å². The number of methoxy groups -OCH3 is 1. The van der Waals surface area contributed by atoms with Gasteiger partial charge in [-0.3, -0.25) is 4.79 Å². The van der Waals surface area contributed by atoms with Gasteiger partial charge in [-0.25, -0.2) is 17.9 Å². The molecule has 0 saturated carbocycles. The Morgan fingerprint density at radius 2 is 2.05 bits per heavy atom. The summed E-state index contributed by atoms with van der Waals surface area (Å²) in [5.74, 6) is -1.46. The molecule has 0 aliphatic carbocycles. The number of carboxylic acid groups (broad SMARTS) is 1. The number of esters is 1. The minimum absolute atomic E-state index is 0.0198. The molecule has 2 N–H and O–H groups in total. The van der Waals surface area contributed by atoms with Crippen LogP contribution in [-0.4, -0.2) is 39.1 Å². The van der Waals surface area contributed by atoms with E-state index in [0.29, 0.717) is 12.8 Å². The smallest absolute Gasteiger partial charge is 0.341 e. The van der Waals surface area contributed by atoms with Gasteiger partial charge in [-0.15, -0.1) is 0 Å². The highest BCUT2D eigenvalue weighted by Gasteiger charge is 2.23. The Labute approximate surface area is 122 Å². The molecule has 0 aliphatic rings. The Morgan fingerprint density at radius 1 is 1.38 bits per heavy atom. The molecular weight excluding hydrogens is 302 g/mol. The van der Waals surface area contributed by atoms with Crippen LogP contribution in [-0.2, 0) is 19.6 Å². The number of sulfonamides is 1. The average Bonchev–Trinajstić information content (AvgIpc) is 2.80. The number of nitrogens with one attached hydrogen (secondary N) is 1. The third kappa shape index (κ3) is 4.87. The quantitative estimate of drug-likeness (QED) is 0.539. The molecule has 0 saturated heterocycles. The number of aliphatic carboxylic acids is 1. The first-order valence-corrected chi connectivity index (χ1v) is 7.66. The van der Waals surface area contributed by atoms with Crippen LogP contribution in [0.3, 0.4) is 0 Å². The maximum Gasteiger partial charge on any atom is 0.341 e. The minimum Gasteiger partial charge on any atom is -0.481 e. The summed E-state index contributed by atoms with van der Waals surface area (Å²) in [6, 6.07) is 1.10. The number of unbranched alkanes of at least 4 members (excludes halogenated alkanes) is 1. The summed E-state index contributed by atoms with van der Waals surface area (Å²) in [4.78, 5) is 21.7. The van der Waals surface area contributed by atoms with Crippen LogP contribution in [0, 0.1) is 6.92 Å². The highest BCUT2D eigenvalue weighted by atomic mass is 32.2. The van der Waals surface area contributed by atoms with Gasteiger partial charge in [0, 0.05) is 19.0 Å². The van der Waals surface area contributed by atoms with Crippen LogP contribution < -0.4 is 4.72 Å². The predicted molar refractivity (Wildman–Crippen MR) is 71.5 cm³/mol. The van der Waals surface area contributed by atoms with E-state index in [-0.39, 0.29) is 29.4 Å². The number of carbonyl (C=O) groups is 2. The van der Waals surface area contributed by atoms with Crippen LogP contribution in [0.1, 0.15) is 35.4 Å². The second-order valence-corrected chi connectivity index (χ2v) is 5.97. The van der Waals surface area contributed by atoms with Crippen LogP contribution in [0.4, 0.5) is 0 Å². The number of rotatable bonds is 8. The largest absolute Gasteiger partial charge is 0.481 e. The normalized spacial score (nSPS) is 11.3. The van der Waals surface area contributed by atoms with Crippen molar-refractivity contribution in [2.45, 2.75) is 31.3 Å². The standard InChI is InChI=1S/C12H17NO7S/c1-8-9(12(16)19-2)7-11(20-8)21(17,18)13-6-4-3-5-10(14)15/h7,13H,3-6H2,1-2H3,(H,14,15). The lowest BCUT2D eigenvalue weighted by molar-refractivity contribution is -0.137. The number of carbonyl (C=O) groups excluding carboxylic acids is 1. The molecule has 118 valence electrons. The number of aryl methyl sites for hydroxylation is 1. The molecule has 1 aromatic heterocycles. The summed E-state index contributed by atoms with van der Waals surface area (Å²) in [6.45, 7) is 1.54. The minimum atomic E-state index is -3.88. The van der Waals surface area contributed by atoms with Gasteiger partial charge in [0.05, 0.1) is 7.11 Å². The highest BCUT2D eigenvalue weighted by Crippen LogP contribution is 2.19. The van der Waals surface area contributed by atoms with Crippen molar-refractivity contribution in [2.75, 3.05) is 13.7 Å². The van der Waals surface area contributed by atoms with Crippen molar-refractivity contribution >= 4 is 22.0 Å². The molecule has 8 nitrogen and oxygen atoms in total. The maximum absolute atomic E-state index is 11.9. The van der Waals surface area contributed by atoms with Gasteiger partial charge in [0.15, 0.2) is 0 Å². The van der Waals surface area contributed by atoms with E-state index in [1.807, 2.05) is 0 Å². The van der Waals surface area contributed by atoms with Crippen molar-refractivity contribution in [1.29, 1.82) is 0 Å². The van der Waals surface area contributed by atoms with Gasteiger partial charge in [-0.05, 0) is 19.8 Å². The first-order valence-electron chi connectivity index (χ1n) is 6.18. The van der Waals surface area contributed by atoms with Crippen molar-refractivity contribution in [3.63, 3.8) is 0 Å². The zero-order valence-electron chi connectivity index (χ0n) is 11.7. The lowest BCUT2D eigenvalue weighted by Crippen LogP contribution is -2.24. The van der Waals surface area contributed by atoms with Crippen molar-refractivity contribution in [1.82, 2.24) is 4.72 Å². The Kier molecular flexibility index (Phi) is 5.91. The molecular formula is C12H17NO7S. The van der Waals surface area contributed by atoms with Crippen LogP contribution in [0.5, 0.6) is 0 Å². The second kappa shape index (κ2) is 7.23. The van der Waals surface area contributed by atoms with E-state index in [4.69, 9.17) is 9.52 Å². The van der Waals surface area contributed by atoms with E-state index in [2.05, 4.69) is 9.46 Å². The molecule has 1 rings (SSSR count). The second-order valence-electron chi connectivity index (χ2n) is 4.28. The molecule has 9 heteroatoms. The Hall–Kier alpha value is -1.87. The first-order chi connectivity index (χ1) is 9.77. The Morgan fingerprint density at radius 3 is 2.62 bits per heavy atom. The summed E-state index contributed by atoms with van der Waals surface area (Å²) in [6.07, 6.45) is 0.728. The van der Waals surface area contributed by atoms with Gasteiger partial charge >= 0.3 is 11.9 Å². The van der Waals surface area contributed by atoms with Gasteiger partial charge in [-0.2, -0.15) is 0 Å². The van der Waals surface area contributed by atoms with E-state index >= 15 is 0 Å². The molecule has 0 aliphatic heterocycles. The van der Waals surface area contributed by atoms with Gasteiger partial charge in [0.25, 0.3) is 10.0 Å². The number of carboxylic acids is 1. The molecule has 1 heterocycles. The Bertz CT molecular complexity index is 618. The van der Waals surface area contributed by atoms with Crippen molar-refractivity contribution in [3.8, 4) is 0 Å². The molecule has 21 heavy (non-hydrogen) atoms. The SMILES string of the molecule is COC(=O)c1cc(S(=O)(=O)NCCCCC(=O)O)oc1C. The molecule has 1 aromatic rings. The van der Waals surface area contributed by atoms with Crippen molar-refractivity contribution in [2.24, 2.45) is 0 Å². The summed E-state index contributed by atoms with van der Waals surface area (Å²) < 4.78 is 35.7. The lowest BCUT2D eigenvalue weighted by atomic mass is 10.2. The van der Waals surface area contributed by atoms with Crippen molar-refractivity contribution < 1.29 is 32.3 Å². The molecule has 0 amide bonds. The molecule has 0 spiro atoms. The number of hydrogen-bond acceptors (Lipinski definition) is 6. The van der Waals surface area contributed by atoms with Crippen LogP contribution in [0.2, 0.25) is 0 Å². The van der Waals surface area contributed by atoms with E-state index < -0.39 is 22.0 Å². The zero-order chi connectivity index (χ0) is 16.0. The number of hydrogen-bond donors (Lipinski definition) is 2. The molecule has 0 bridgehead atoms. The zero-order valence-corrected chi connectivity index (χ0v) is 12.5. The Balaban J connectivity index is 2.66. The summed E-state index contributed by atoms with van der Waals surface area (Å²) in [5.41, 5.74) is 0.0451. The molecule has 0 aromatic carbocycles. The summed E-state index contributed by atoms with van der Waals surface area (Å²) in [5, 5.41) is 8.09. The van der Waals surface area contributed by atoms with Gasteiger partial charge < -0.3 is 14.3 Å². The van der Waals surface area contributed by atoms with Gasteiger partial charge in [0.1, 0.15) is 11.3 Å².